The second kappa shape index (κ2) is 10.7. The highest BCUT2D eigenvalue weighted by atomic mass is 16.3. The lowest BCUT2D eigenvalue weighted by molar-refractivity contribution is 0.238. The first-order valence-corrected chi connectivity index (χ1v) is 5.40. The summed E-state index contributed by atoms with van der Waals surface area (Å²) in [6.45, 7) is 7.19. The van der Waals surface area contributed by atoms with Crippen LogP contribution in [0.1, 0.15) is 25.7 Å². The van der Waals surface area contributed by atoms with Crippen molar-refractivity contribution in [3.05, 3.63) is 12.7 Å². The Morgan fingerprint density at radius 3 is 1.79 bits per heavy atom. The molecule has 0 saturated heterocycles. The van der Waals surface area contributed by atoms with Crippen molar-refractivity contribution in [2.24, 2.45) is 0 Å². The molecule has 0 aliphatic rings. The van der Waals surface area contributed by atoms with Gasteiger partial charge in [0.05, 0.1) is 0 Å². The molecule has 2 N–H and O–H groups in total. The van der Waals surface area contributed by atoms with Crippen LogP contribution in [-0.2, 0) is 0 Å². The zero-order chi connectivity index (χ0) is 10.6. The Morgan fingerprint density at radius 2 is 1.43 bits per heavy atom. The van der Waals surface area contributed by atoms with Crippen LogP contribution in [0.25, 0.3) is 0 Å². The SMILES string of the molecule is C=CCN(CCCCO)CCCCO. The molecule has 0 radical (unpaired) electrons. The first-order chi connectivity index (χ1) is 6.85. The summed E-state index contributed by atoms with van der Waals surface area (Å²) in [4.78, 5) is 2.30. The first kappa shape index (κ1) is 13.6. The van der Waals surface area contributed by atoms with E-state index in [9.17, 15) is 0 Å². The number of rotatable bonds is 10. The number of aliphatic hydroxyl groups is 2. The van der Waals surface area contributed by atoms with Gasteiger partial charge in [-0.15, -0.1) is 6.58 Å². The Labute approximate surface area is 87.0 Å². The molecule has 14 heavy (non-hydrogen) atoms. The van der Waals surface area contributed by atoms with Crippen molar-refractivity contribution in [2.75, 3.05) is 32.8 Å². The molecule has 0 atom stereocenters. The molecule has 0 rings (SSSR count). The van der Waals surface area contributed by atoms with Crippen molar-refractivity contribution in [3.63, 3.8) is 0 Å². The van der Waals surface area contributed by atoms with Gasteiger partial charge in [0.2, 0.25) is 0 Å². The van der Waals surface area contributed by atoms with Gasteiger partial charge in [0, 0.05) is 19.8 Å². The molecule has 0 fully saturated rings. The molecular formula is C11H23NO2. The van der Waals surface area contributed by atoms with Crippen molar-refractivity contribution < 1.29 is 10.2 Å². The van der Waals surface area contributed by atoms with Gasteiger partial charge in [-0.2, -0.15) is 0 Å². The minimum atomic E-state index is 0.276. The molecule has 0 aliphatic carbocycles. The zero-order valence-electron chi connectivity index (χ0n) is 8.99. The summed E-state index contributed by atoms with van der Waals surface area (Å²) >= 11 is 0. The predicted molar refractivity (Wildman–Crippen MR) is 59.3 cm³/mol. The van der Waals surface area contributed by atoms with Crippen LogP contribution < -0.4 is 0 Å². The fourth-order valence-electron chi connectivity index (χ4n) is 1.37. The quantitative estimate of drug-likeness (QED) is 0.410. The molecule has 0 aliphatic heterocycles. The van der Waals surface area contributed by atoms with Crippen molar-refractivity contribution in [3.8, 4) is 0 Å². The smallest absolute Gasteiger partial charge is 0.0431 e. The van der Waals surface area contributed by atoms with Crippen molar-refractivity contribution >= 4 is 0 Å². The molecule has 0 saturated carbocycles. The Kier molecular flexibility index (Phi) is 10.4. The van der Waals surface area contributed by atoms with Gasteiger partial charge in [-0.05, 0) is 38.8 Å². The van der Waals surface area contributed by atoms with E-state index in [1.807, 2.05) is 6.08 Å². The third-order valence-electron chi connectivity index (χ3n) is 2.15. The fraction of sp³-hybridized carbons (Fsp3) is 0.818. The van der Waals surface area contributed by atoms with E-state index in [2.05, 4.69) is 11.5 Å². The molecular weight excluding hydrogens is 178 g/mol. The first-order valence-electron chi connectivity index (χ1n) is 5.40. The normalized spacial score (nSPS) is 10.8. The van der Waals surface area contributed by atoms with Crippen LogP contribution in [0.2, 0.25) is 0 Å². The Bertz CT molecular complexity index is 118. The number of aliphatic hydroxyl groups excluding tert-OH is 2. The molecule has 0 aromatic carbocycles. The highest BCUT2D eigenvalue weighted by Gasteiger charge is 2.01. The lowest BCUT2D eigenvalue weighted by atomic mass is 10.2. The Morgan fingerprint density at radius 1 is 0.929 bits per heavy atom. The summed E-state index contributed by atoms with van der Waals surface area (Å²) in [5, 5.41) is 17.3. The number of hydrogen-bond acceptors (Lipinski definition) is 3. The third kappa shape index (κ3) is 8.23. The fourth-order valence-corrected chi connectivity index (χ4v) is 1.37. The van der Waals surface area contributed by atoms with E-state index >= 15 is 0 Å². The van der Waals surface area contributed by atoms with Gasteiger partial charge in [0.1, 0.15) is 0 Å². The van der Waals surface area contributed by atoms with Crippen LogP contribution in [-0.4, -0.2) is 48.0 Å². The van der Waals surface area contributed by atoms with E-state index in [0.717, 1.165) is 45.3 Å². The van der Waals surface area contributed by atoms with Crippen molar-refractivity contribution in [1.29, 1.82) is 0 Å². The van der Waals surface area contributed by atoms with Gasteiger partial charge in [-0.1, -0.05) is 6.08 Å². The maximum atomic E-state index is 8.65. The minimum absolute atomic E-state index is 0.276. The highest BCUT2D eigenvalue weighted by molar-refractivity contribution is 4.73. The molecule has 0 bridgehead atoms. The Hall–Kier alpha value is -0.380. The van der Waals surface area contributed by atoms with Gasteiger partial charge in [0.15, 0.2) is 0 Å². The van der Waals surface area contributed by atoms with Gasteiger partial charge in [-0.3, -0.25) is 4.90 Å². The van der Waals surface area contributed by atoms with E-state index in [1.54, 1.807) is 0 Å². The average molecular weight is 201 g/mol. The van der Waals surface area contributed by atoms with Gasteiger partial charge in [-0.25, -0.2) is 0 Å². The lowest BCUT2D eigenvalue weighted by Crippen LogP contribution is -2.26. The molecule has 0 spiro atoms. The summed E-state index contributed by atoms with van der Waals surface area (Å²) in [6.07, 6.45) is 5.70. The maximum Gasteiger partial charge on any atom is 0.0431 e. The van der Waals surface area contributed by atoms with Gasteiger partial charge < -0.3 is 10.2 Å². The molecule has 84 valence electrons. The lowest BCUT2D eigenvalue weighted by Gasteiger charge is -2.19. The highest BCUT2D eigenvalue weighted by Crippen LogP contribution is 1.99. The van der Waals surface area contributed by atoms with Crippen LogP contribution in [0.15, 0.2) is 12.7 Å². The predicted octanol–water partition coefficient (Wildman–Crippen LogP) is 1.02. The molecule has 3 nitrogen and oxygen atoms in total. The van der Waals surface area contributed by atoms with E-state index in [-0.39, 0.29) is 13.2 Å². The average Bonchev–Trinajstić information content (AvgIpc) is 2.18. The molecule has 0 aromatic rings. The van der Waals surface area contributed by atoms with Crippen molar-refractivity contribution in [2.45, 2.75) is 25.7 Å². The van der Waals surface area contributed by atoms with Crippen LogP contribution in [0.3, 0.4) is 0 Å². The monoisotopic (exact) mass is 201 g/mol. The van der Waals surface area contributed by atoms with E-state index in [1.165, 1.54) is 0 Å². The topological polar surface area (TPSA) is 43.7 Å². The second-order valence-corrected chi connectivity index (χ2v) is 3.45. The Balaban J connectivity index is 3.49. The van der Waals surface area contributed by atoms with E-state index in [0.29, 0.717) is 0 Å². The van der Waals surface area contributed by atoms with Crippen molar-refractivity contribution in [1.82, 2.24) is 4.90 Å². The number of nitrogens with zero attached hydrogens (tertiary/aromatic N) is 1. The molecule has 0 unspecified atom stereocenters. The van der Waals surface area contributed by atoms with Crippen LogP contribution in [0.4, 0.5) is 0 Å². The molecule has 0 amide bonds. The summed E-state index contributed by atoms with van der Waals surface area (Å²) < 4.78 is 0. The summed E-state index contributed by atoms with van der Waals surface area (Å²) in [7, 11) is 0. The molecule has 0 heterocycles. The van der Waals surface area contributed by atoms with Crippen LogP contribution >= 0.6 is 0 Å². The van der Waals surface area contributed by atoms with E-state index in [4.69, 9.17) is 10.2 Å². The van der Waals surface area contributed by atoms with Gasteiger partial charge in [0.25, 0.3) is 0 Å². The summed E-state index contributed by atoms with van der Waals surface area (Å²) in [6, 6.07) is 0. The molecule has 0 aromatic heterocycles. The van der Waals surface area contributed by atoms with Gasteiger partial charge >= 0.3 is 0 Å². The van der Waals surface area contributed by atoms with Crippen LogP contribution in [0.5, 0.6) is 0 Å². The second-order valence-electron chi connectivity index (χ2n) is 3.45. The maximum absolute atomic E-state index is 8.65. The number of unbranched alkanes of at least 4 members (excludes halogenated alkanes) is 2. The zero-order valence-corrected chi connectivity index (χ0v) is 8.99. The van der Waals surface area contributed by atoms with E-state index < -0.39 is 0 Å². The summed E-state index contributed by atoms with van der Waals surface area (Å²) in [5.41, 5.74) is 0. The minimum Gasteiger partial charge on any atom is -0.396 e. The van der Waals surface area contributed by atoms with Crippen LogP contribution in [0, 0.1) is 0 Å². The summed E-state index contributed by atoms with van der Waals surface area (Å²) in [5.74, 6) is 0. The third-order valence-corrected chi connectivity index (χ3v) is 2.15. The number of hydrogen-bond donors (Lipinski definition) is 2. The molecule has 3 heteroatoms. The largest absolute Gasteiger partial charge is 0.396 e. The standard InChI is InChI=1S/C11H23NO2/c1-2-7-12(8-3-5-10-13)9-4-6-11-14/h2,13-14H,1,3-11H2.